The molecule has 0 saturated carbocycles. The molecule has 0 saturated heterocycles. The highest BCUT2D eigenvalue weighted by Gasteiger charge is 2.25. The van der Waals surface area contributed by atoms with Gasteiger partial charge in [0.05, 0.1) is 5.39 Å². The average molecular weight is 305 g/mol. The summed E-state index contributed by atoms with van der Waals surface area (Å²) in [6.45, 7) is 7.01. The molecule has 0 aromatic carbocycles. The molecule has 3 rings (SSSR count). The van der Waals surface area contributed by atoms with Crippen LogP contribution in [0.3, 0.4) is 0 Å². The van der Waals surface area contributed by atoms with Crippen molar-refractivity contribution >= 4 is 27.4 Å². The van der Waals surface area contributed by atoms with Crippen LogP contribution in [0.2, 0.25) is 0 Å². The highest BCUT2D eigenvalue weighted by atomic mass is 32.1. The number of rotatable bonds is 5. The summed E-state index contributed by atoms with van der Waals surface area (Å²) >= 11 is 1.83. The third kappa shape index (κ3) is 2.53. The van der Waals surface area contributed by atoms with Crippen LogP contribution in [-0.4, -0.2) is 23.6 Å². The highest BCUT2D eigenvalue weighted by molar-refractivity contribution is 7.19. The van der Waals surface area contributed by atoms with Gasteiger partial charge in [0.25, 0.3) is 0 Å². The second-order valence-electron chi connectivity index (χ2n) is 5.84. The van der Waals surface area contributed by atoms with Crippen LogP contribution in [0.4, 0.5) is 5.82 Å². The molecule has 1 unspecified atom stereocenters. The fraction of sp³-hybridized carbons (Fsp3) is 0.625. The molecule has 21 heavy (non-hydrogen) atoms. The van der Waals surface area contributed by atoms with Gasteiger partial charge >= 0.3 is 0 Å². The minimum absolute atomic E-state index is 0.0385. The van der Waals surface area contributed by atoms with Gasteiger partial charge in [-0.15, -0.1) is 11.3 Å². The van der Waals surface area contributed by atoms with Crippen molar-refractivity contribution in [2.75, 3.05) is 19.0 Å². The number of nitrogens with one attached hydrogen (secondary N) is 1. The van der Waals surface area contributed by atoms with Crippen LogP contribution in [0.1, 0.15) is 49.6 Å². The molecule has 1 N–H and O–H groups in total. The van der Waals surface area contributed by atoms with E-state index < -0.39 is 0 Å². The quantitative estimate of drug-likeness (QED) is 0.908. The van der Waals surface area contributed by atoms with Gasteiger partial charge in [0.2, 0.25) is 0 Å². The molecule has 0 aliphatic heterocycles. The molecular weight excluding hydrogens is 282 g/mol. The summed E-state index contributed by atoms with van der Waals surface area (Å²) in [5, 5.41) is 4.50. The van der Waals surface area contributed by atoms with Crippen molar-refractivity contribution in [1.29, 1.82) is 0 Å². The van der Waals surface area contributed by atoms with Crippen LogP contribution in [0.25, 0.3) is 10.2 Å². The molecule has 0 radical (unpaired) electrons. The molecule has 0 amide bonds. The number of hydrogen-bond donors (Lipinski definition) is 1. The van der Waals surface area contributed by atoms with Crippen molar-refractivity contribution < 1.29 is 4.74 Å². The number of nitrogens with zero attached hydrogens (tertiary/aromatic N) is 2. The lowest BCUT2D eigenvalue weighted by Gasteiger charge is -2.20. The maximum atomic E-state index is 5.87. The first-order valence-corrected chi connectivity index (χ1v) is 8.58. The van der Waals surface area contributed by atoms with E-state index in [1.54, 1.807) is 0 Å². The van der Waals surface area contributed by atoms with Crippen LogP contribution >= 0.6 is 11.3 Å². The van der Waals surface area contributed by atoms with Crippen molar-refractivity contribution in [1.82, 2.24) is 9.97 Å². The second-order valence-corrected chi connectivity index (χ2v) is 6.92. The zero-order valence-corrected chi connectivity index (χ0v) is 14.0. The van der Waals surface area contributed by atoms with E-state index in [4.69, 9.17) is 14.7 Å². The lowest BCUT2D eigenvalue weighted by molar-refractivity contribution is 0.0236. The monoisotopic (exact) mass is 305 g/mol. The number of aromatic nitrogens is 2. The van der Waals surface area contributed by atoms with Gasteiger partial charge in [0.15, 0.2) is 5.82 Å². The van der Waals surface area contributed by atoms with Gasteiger partial charge in [-0.1, -0.05) is 13.8 Å². The summed E-state index contributed by atoms with van der Waals surface area (Å²) in [5.74, 6) is 2.13. The highest BCUT2D eigenvalue weighted by Crippen LogP contribution is 2.40. The standard InChI is InChI=1S/C16H23N3OS/c1-5-20-13(9(2)3)15-18-14(17-4)12-10-7-6-8-11(10)21-16(12)19-15/h9,13H,5-8H2,1-4H3,(H,17,18,19). The van der Waals surface area contributed by atoms with Gasteiger partial charge in [0.1, 0.15) is 16.8 Å². The first kappa shape index (κ1) is 14.7. The Morgan fingerprint density at radius 1 is 1.29 bits per heavy atom. The summed E-state index contributed by atoms with van der Waals surface area (Å²) in [6, 6.07) is 0. The molecule has 1 aliphatic carbocycles. The Balaban J connectivity index is 2.13. The molecule has 1 atom stereocenters. The first-order valence-electron chi connectivity index (χ1n) is 7.77. The van der Waals surface area contributed by atoms with Crippen molar-refractivity contribution in [2.24, 2.45) is 5.92 Å². The lowest BCUT2D eigenvalue weighted by Crippen LogP contribution is -2.15. The minimum Gasteiger partial charge on any atom is -0.372 e. The van der Waals surface area contributed by atoms with Crippen molar-refractivity contribution in [3.05, 3.63) is 16.3 Å². The van der Waals surface area contributed by atoms with Crippen LogP contribution in [0, 0.1) is 5.92 Å². The molecular formula is C16H23N3OS. The maximum Gasteiger partial charge on any atom is 0.161 e. The van der Waals surface area contributed by atoms with E-state index in [0.29, 0.717) is 12.5 Å². The van der Waals surface area contributed by atoms with E-state index >= 15 is 0 Å². The van der Waals surface area contributed by atoms with E-state index in [0.717, 1.165) is 22.9 Å². The predicted molar refractivity (Wildman–Crippen MR) is 88.2 cm³/mol. The number of ether oxygens (including phenoxy) is 1. The van der Waals surface area contributed by atoms with Crippen molar-refractivity contribution in [3.8, 4) is 0 Å². The zero-order chi connectivity index (χ0) is 15.0. The molecule has 0 bridgehead atoms. The Labute approximate surface area is 129 Å². The fourth-order valence-electron chi connectivity index (χ4n) is 3.07. The van der Waals surface area contributed by atoms with Crippen molar-refractivity contribution in [3.63, 3.8) is 0 Å². The largest absolute Gasteiger partial charge is 0.372 e. The molecule has 4 nitrogen and oxygen atoms in total. The molecule has 114 valence electrons. The number of fused-ring (bicyclic) bond motifs is 3. The van der Waals surface area contributed by atoms with Crippen LogP contribution < -0.4 is 5.32 Å². The maximum absolute atomic E-state index is 5.87. The predicted octanol–water partition coefficient (Wildman–Crippen LogP) is 3.96. The average Bonchev–Trinajstić information content (AvgIpc) is 3.03. The summed E-state index contributed by atoms with van der Waals surface area (Å²) in [4.78, 5) is 12.2. The Kier molecular flexibility index (Phi) is 4.13. The van der Waals surface area contributed by atoms with Gasteiger partial charge in [-0.25, -0.2) is 9.97 Å². The van der Waals surface area contributed by atoms with Crippen LogP contribution in [0.15, 0.2) is 0 Å². The van der Waals surface area contributed by atoms with Gasteiger partial charge in [-0.2, -0.15) is 0 Å². The number of hydrogen-bond acceptors (Lipinski definition) is 5. The number of anilines is 1. The Morgan fingerprint density at radius 3 is 2.76 bits per heavy atom. The Morgan fingerprint density at radius 2 is 2.10 bits per heavy atom. The third-order valence-electron chi connectivity index (χ3n) is 4.02. The Hall–Kier alpha value is -1.20. The van der Waals surface area contributed by atoms with E-state index in [9.17, 15) is 0 Å². The lowest BCUT2D eigenvalue weighted by atomic mass is 10.1. The normalized spacial score (nSPS) is 15.7. The molecule has 2 heterocycles. The molecule has 2 aromatic rings. The van der Waals surface area contributed by atoms with Gasteiger partial charge in [-0.3, -0.25) is 0 Å². The van der Waals surface area contributed by atoms with Crippen molar-refractivity contribution in [2.45, 2.75) is 46.1 Å². The molecule has 0 spiro atoms. The minimum atomic E-state index is -0.0385. The fourth-order valence-corrected chi connectivity index (χ4v) is 4.33. The topological polar surface area (TPSA) is 47.0 Å². The first-order chi connectivity index (χ1) is 10.2. The van der Waals surface area contributed by atoms with E-state index in [1.165, 1.54) is 28.7 Å². The molecule has 1 aliphatic rings. The Bertz CT molecular complexity index is 650. The second kappa shape index (κ2) is 5.89. The van der Waals surface area contributed by atoms with E-state index in [-0.39, 0.29) is 6.10 Å². The zero-order valence-electron chi connectivity index (χ0n) is 13.2. The van der Waals surface area contributed by atoms with Gasteiger partial charge in [-0.05, 0) is 37.7 Å². The van der Waals surface area contributed by atoms with E-state index in [2.05, 4.69) is 19.2 Å². The summed E-state index contributed by atoms with van der Waals surface area (Å²) in [7, 11) is 1.94. The third-order valence-corrected chi connectivity index (χ3v) is 5.21. The van der Waals surface area contributed by atoms with Crippen LogP contribution in [-0.2, 0) is 17.6 Å². The molecule has 0 fully saturated rings. The van der Waals surface area contributed by atoms with E-state index in [1.807, 2.05) is 25.3 Å². The van der Waals surface area contributed by atoms with Crippen LogP contribution in [0.5, 0.6) is 0 Å². The molecule has 2 aromatic heterocycles. The molecule has 5 heteroatoms. The summed E-state index contributed by atoms with van der Waals surface area (Å²) in [5.41, 5.74) is 1.46. The number of thiophene rings is 1. The smallest absolute Gasteiger partial charge is 0.161 e. The van der Waals surface area contributed by atoms with Gasteiger partial charge in [0, 0.05) is 18.5 Å². The summed E-state index contributed by atoms with van der Waals surface area (Å²) in [6.07, 6.45) is 3.57. The van der Waals surface area contributed by atoms with Gasteiger partial charge < -0.3 is 10.1 Å². The number of aryl methyl sites for hydroxylation is 2. The summed E-state index contributed by atoms with van der Waals surface area (Å²) < 4.78 is 5.87. The SMILES string of the molecule is CCOC(c1nc(NC)c2c3c(sc2n1)CCC3)C(C)C.